The summed E-state index contributed by atoms with van der Waals surface area (Å²) < 4.78 is 27.1. The number of carbonyl (C=O) groups excluding carboxylic acids is 1. The molecule has 132 valence electrons. The molecule has 0 aliphatic rings. The molecule has 0 bridgehead atoms. The highest BCUT2D eigenvalue weighted by Crippen LogP contribution is 2.25. The second kappa shape index (κ2) is 6.41. The van der Waals surface area contributed by atoms with Gasteiger partial charge in [0.25, 0.3) is 0 Å². The third-order valence-corrected chi connectivity index (χ3v) is 6.14. The molecule has 3 rings (SSSR count). The highest BCUT2D eigenvalue weighted by Gasteiger charge is 2.22. The molecule has 26 heavy (non-hydrogen) atoms. The van der Waals surface area contributed by atoms with Crippen molar-refractivity contribution in [3.63, 3.8) is 0 Å². The van der Waals surface area contributed by atoms with Gasteiger partial charge in [0.15, 0.2) is 0 Å². The maximum absolute atomic E-state index is 13.0. The first-order valence-corrected chi connectivity index (χ1v) is 9.30. The van der Waals surface area contributed by atoms with Crippen LogP contribution in [0.2, 0.25) is 0 Å². The number of nitriles is 1. The number of rotatable bonds is 4. The van der Waals surface area contributed by atoms with Crippen LogP contribution in [0.5, 0.6) is 0 Å². The number of fused-ring (bicyclic) bond motifs is 1. The zero-order chi connectivity index (χ0) is 19.1. The first-order chi connectivity index (χ1) is 12.3. The number of hydrogen-bond donors (Lipinski definition) is 0. The molecule has 0 spiro atoms. The van der Waals surface area contributed by atoms with E-state index in [-0.39, 0.29) is 10.7 Å². The highest BCUT2D eigenvalue weighted by atomic mass is 32.2. The molecule has 0 aliphatic carbocycles. The van der Waals surface area contributed by atoms with E-state index in [0.29, 0.717) is 27.9 Å². The molecule has 1 aromatic carbocycles. The third-order valence-electron chi connectivity index (χ3n) is 4.31. The first kappa shape index (κ1) is 17.9. The summed E-state index contributed by atoms with van der Waals surface area (Å²) in [6.45, 7) is 1.74. The smallest absolute Gasteiger partial charge is 0.242 e. The maximum atomic E-state index is 13.0. The van der Waals surface area contributed by atoms with Gasteiger partial charge in [-0.1, -0.05) is 6.07 Å². The maximum Gasteiger partial charge on any atom is 0.242 e. The Kier molecular flexibility index (Phi) is 4.40. The topological polar surface area (TPSA) is 82.6 Å². The summed E-state index contributed by atoms with van der Waals surface area (Å²) in [6, 6.07) is 13.4. The summed E-state index contributed by atoms with van der Waals surface area (Å²) >= 11 is 0. The summed E-state index contributed by atoms with van der Waals surface area (Å²) in [4.78, 5) is 13.1. The Morgan fingerprint density at radius 2 is 1.77 bits per heavy atom. The van der Waals surface area contributed by atoms with Gasteiger partial charge < -0.3 is 4.40 Å². The molecule has 0 radical (unpaired) electrons. The predicted octanol–water partition coefficient (Wildman–Crippen LogP) is 2.60. The molecule has 0 unspecified atom stereocenters. The second-order valence-corrected chi connectivity index (χ2v) is 8.21. The first-order valence-electron chi connectivity index (χ1n) is 7.86. The van der Waals surface area contributed by atoms with Crippen molar-refractivity contribution in [2.24, 2.45) is 0 Å². The minimum atomic E-state index is -3.55. The van der Waals surface area contributed by atoms with Gasteiger partial charge in [-0.3, -0.25) is 4.79 Å². The van der Waals surface area contributed by atoms with E-state index < -0.39 is 10.0 Å². The third kappa shape index (κ3) is 2.69. The normalized spacial score (nSPS) is 11.7. The Morgan fingerprint density at radius 3 is 2.35 bits per heavy atom. The quantitative estimate of drug-likeness (QED) is 0.664. The van der Waals surface area contributed by atoms with Crippen molar-refractivity contribution in [1.29, 1.82) is 5.26 Å². The van der Waals surface area contributed by atoms with Crippen molar-refractivity contribution >= 4 is 21.3 Å². The van der Waals surface area contributed by atoms with Crippen LogP contribution in [-0.4, -0.2) is 37.0 Å². The van der Waals surface area contributed by atoms with Crippen molar-refractivity contribution in [2.45, 2.75) is 11.8 Å². The Bertz CT molecular complexity index is 1150. The number of sulfonamides is 1. The van der Waals surface area contributed by atoms with Crippen molar-refractivity contribution in [3.05, 3.63) is 71.0 Å². The summed E-state index contributed by atoms with van der Waals surface area (Å²) in [5.41, 5.74) is 2.50. The van der Waals surface area contributed by atoms with E-state index in [4.69, 9.17) is 0 Å². The fraction of sp³-hybridized carbons (Fsp3) is 0.158. The van der Waals surface area contributed by atoms with Gasteiger partial charge in [-0.2, -0.15) is 5.26 Å². The molecule has 6 nitrogen and oxygen atoms in total. The van der Waals surface area contributed by atoms with Gasteiger partial charge in [0.1, 0.15) is 6.07 Å². The average Bonchev–Trinajstić information content (AvgIpc) is 2.92. The molecule has 0 fully saturated rings. The predicted molar refractivity (Wildman–Crippen MR) is 97.6 cm³/mol. The number of nitrogens with zero attached hydrogens (tertiary/aromatic N) is 3. The minimum absolute atomic E-state index is 0.119. The molecule has 2 aromatic heterocycles. The molecule has 0 saturated heterocycles. The van der Waals surface area contributed by atoms with Gasteiger partial charge >= 0.3 is 0 Å². The molecule has 0 amide bonds. The zero-order valence-electron chi connectivity index (χ0n) is 14.6. The van der Waals surface area contributed by atoms with Crippen LogP contribution in [-0.2, 0) is 10.0 Å². The lowest BCUT2D eigenvalue weighted by molar-refractivity contribution is 0.103. The molecule has 0 saturated carbocycles. The van der Waals surface area contributed by atoms with E-state index >= 15 is 0 Å². The SMILES string of the molecule is Cc1c(C#N)c2ccccn2c1C(=O)c1ccc(S(=O)(=O)N(C)C)cc1. The van der Waals surface area contributed by atoms with Crippen LogP contribution < -0.4 is 0 Å². The molecule has 3 aromatic rings. The van der Waals surface area contributed by atoms with E-state index in [1.54, 1.807) is 29.7 Å². The van der Waals surface area contributed by atoms with Gasteiger partial charge in [-0.25, -0.2) is 12.7 Å². The summed E-state index contributed by atoms with van der Waals surface area (Å²) in [5.74, 6) is -0.265. The lowest BCUT2D eigenvalue weighted by Crippen LogP contribution is -2.22. The fourth-order valence-electron chi connectivity index (χ4n) is 2.88. The number of hydrogen-bond acceptors (Lipinski definition) is 4. The second-order valence-electron chi connectivity index (χ2n) is 6.06. The van der Waals surface area contributed by atoms with Crippen molar-refractivity contribution in [1.82, 2.24) is 8.71 Å². The van der Waals surface area contributed by atoms with Gasteiger partial charge in [0, 0.05) is 25.9 Å². The van der Waals surface area contributed by atoms with Crippen molar-refractivity contribution < 1.29 is 13.2 Å². The van der Waals surface area contributed by atoms with E-state index in [9.17, 15) is 18.5 Å². The summed E-state index contributed by atoms with van der Waals surface area (Å²) in [7, 11) is -0.648. The Balaban J connectivity index is 2.11. The minimum Gasteiger partial charge on any atom is -0.312 e. The van der Waals surface area contributed by atoms with E-state index in [0.717, 1.165) is 4.31 Å². The monoisotopic (exact) mass is 367 g/mol. The van der Waals surface area contributed by atoms with Gasteiger partial charge in [0.05, 0.1) is 21.7 Å². The molecule has 0 aliphatic heterocycles. The van der Waals surface area contributed by atoms with Crippen LogP contribution in [0.1, 0.15) is 27.2 Å². The highest BCUT2D eigenvalue weighted by molar-refractivity contribution is 7.89. The van der Waals surface area contributed by atoms with Gasteiger partial charge in [0.2, 0.25) is 15.8 Å². The molecule has 2 heterocycles. The number of pyridine rings is 1. The average molecular weight is 367 g/mol. The van der Waals surface area contributed by atoms with E-state index in [1.807, 2.05) is 6.07 Å². The zero-order valence-corrected chi connectivity index (χ0v) is 15.4. The van der Waals surface area contributed by atoms with Crippen LogP contribution in [0.4, 0.5) is 0 Å². The number of ketones is 1. The lowest BCUT2D eigenvalue weighted by Gasteiger charge is -2.11. The largest absolute Gasteiger partial charge is 0.312 e. The Morgan fingerprint density at radius 1 is 1.12 bits per heavy atom. The summed E-state index contributed by atoms with van der Waals surface area (Å²) in [6.07, 6.45) is 1.74. The van der Waals surface area contributed by atoms with Gasteiger partial charge in [-0.05, 0) is 48.9 Å². The number of aromatic nitrogens is 1. The number of carbonyl (C=O) groups is 1. The number of benzene rings is 1. The van der Waals surface area contributed by atoms with Crippen molar-refractivity contribution in [2.75, 3.05) is 14.1 Å². The Labute approximate surface area is 152 Å². The summed E-state index contributed by atoms with van der Waals surface area (Å²) in [5, 5.41) is 9.41. The molecule has 0 N–H and O–H groups in total. The van der Waals surface area contributed by atoms with E-state index in [1.165, 1.54) is 38.4 Å². The van der Waals surface area contributed by atoms with Crippen LogP contribution in [0.15, 0.2) is 53.6 Å². The molecule has 0 atom stereocenters. The standard InChI is InChI=1S/C19H17N3O3S/c1-13-16(12-20)17-6-4-5-11-22(17)18(13)19(23)14-7-9-15(10-8-14)26(24,25)21(2)3/h4-11H,1-3H3. The van der Waals surface area contributed by atoms with Crippen LogP contribution in [0.3, 0.4) is 0 Å². The van der Waals surface area contributed by atoms with E-state index in [2.05, 4.69) is 6.07 Å². The van der Waals surface area contributed by atoms with Crippen LogP contribution in [0.25, 0.3) is 5.52 Å². The van der Waals surface area contributed by atoms with Crippen molar-refractivity contribution in [3.8, 4) is 6.07 Å². The molecule has 7 heteroatoms. The van der Waals surface area contributed by atoms with Gasteiger partial charge in [-0.15, -0.1) is 0 Å². The fourth-order valence-corrected chi connectivity index (χ4v) is 3.78. The lowest BCUT2D eigenvalue weighted by atomic mass is 10.0. The Hall–Kier alpha value is -2.95. The molecular formula is C19H17N3O3S. The van der Waals surface area contributed by atoms with Crippen LogP contribution >= 0.6 is 0 Å². The molecular weight excluding hydrogens is 350 g/mol. The van der Waals surface area contributed by atoms with Crippen LogP contribution in [0, 0.1) is 18.3 Å².